The van der Waals surface area contributed by atoms with Crippen molar-refractivity contribution in [3.63, 3.8) is 0 Å². The Hall–Kier alpha value is -1.11. The zero-order chi connectivity index (χ0) is 10.4. The van der Waals surface area contributed by atoms with Crippen LogP contribution in [-0.2, 0) is 0 Å². The minimum Gasteiger partial charge on any atom is -0.238 e. The Bertz CT molecular complexity index is 285. The van der Waals surface area contributed by atoms with Gasteiger partial charge in [0.05, 0.1) is 0 Å². The molecule has 0 amide bonds. The number of aryl methyl sites for hydroxylation is 1. The lowest BCUT2D eigenvalue weighted by Crippen LogP contribution is -1.86. The Morgan fingerprint density at radius 2 is 1.93 bits per heavy atom. The van der Waals surface area contributed by atoms with Crippen LogP contribution in [0, 0.1) is 6.92 Å². The molecule has 0 aliphatic carbocycles. The Kier molecular flexibility index (Phi) is 4.37. The van der Waals surface area contributed by atoms with E-state index in [2.05, 4.69) is 6.92 Å². The topological polar surface area (TPSA) is 0 Å². The molecule has 14 heavy (non-hydrogen) atoms. The second-order valence-electron chi connectivity index (χ2n) is 3.53. The zero-order valence-electron chi connectivity index (χ0n) is 8.83. The van der Waals surface area contributed by atoms with Crippen molar-refractivity contribution in [3.05, 3.63) is 47.5 Å². The van der Waals surface area contributed by atoms with E-state index in [1.165, 1.54) is 5.56 Å². The predicted molar refractivity (Wildman–Crippen MR) is 59.1 cm³/mol. The van der Waals surface area contributed by atoms with Crippen molar-refractivity contribution in [1.82, 2.24) is 0 Å². The van der Waals surface area contributed by atoms with Crippen LogP contribution >= 0.6 is 0 Å². The second-order valence-corrected chi connectivity index (χ2v) is 3.53. The average Bonchev–Trinajstić information content (AvgIpc) is 2.19. The van der Waals surface area contributed by atoms with Gasteiger partial charge < -0.3 is 0 Å². The highest BCUT2D eigenvalue weighted by molar-refractivity contribution is 5.25. The number of unbranched alkanes of at least 4 members (excludes halogenated alkanes) is 1. The number of benzene rings is 1. The van der Waals surface area contributed by atoms with Gasteiger partial charge in [0.25, 0.3) is 0 Å². The minimum atomic E-state index is -0.956. The van der Waals surface area contributed by atoms with E-state index < -0.39 is 6.17 Å². The Morgan fingerprint density at radius 1 is 1.29 bits per heavy atom. The van der Waals surface area contributed by atoms with Crippen molar-refractivity contribution < 1.29 is 4.39 Å². The van der Waals surface area contributed by atoms with E-state index in [0.29, 0.717) is 0 Å². The van der Waals surface area contributed by atoms with Crippen molar-refractivity contribution in [2.24, 2.45) is 0 Å². The van der Waals surface area contributed by atoms with Gasteiger partial charge in [0.15, 0.2) is 0 Å². The van der Waals surface area contributed by atoms with E-state index >= 15 is 0 Å². The first-order chi connectivity index (χ1) is 6.74. The maximum atomic E-state index is 13.5. The molecule has 76 valence electrons. The number of allylic oxidation sites excluding steroid dienone is 2. The summed E-state index contributed by atoms with van der Waals surface area (Å²) in [4.78, 5) is 0. The SMILES string of the molecule is CCC/C=C\[C@@H](F)c1ccc(C)cc1. The van der Waals surface area contributed by atoms with Gasteiger partial charge in [-0.25, -0.2) is 4.39 Å². The molecule has 0 fully saturated rings. The van der Waals surface area contributed by atoms with Crippen LogP contribution in [0.2, 0.25) is 0 Å². The Labute approximate surface area is 85.5 Å². The summed E-state index contributed by atoms with van der Waals surface area (Å²) in [6.45, 7) is 4.09. The minimum absolute atomic E-state index is 0.739. The molecule has 0 radical (unpaired) electrons. The molecule has 0 spiro atoms. The lowest BCUT2D eigenvalue weighted by atomic mass is 10.1. The standard InChI is InChI=1S/C13H17F/c1-3-4-5-6-13(14)12-9-7-11(2)8-10-12/h5-10,13H,3-4H2,1-2H3/b6-5-/t13-/m1/s1. The third kappa shape index (κ3) is 3.33. The van der Waals surface area contributed by atoms with Gasteiger partial charge in [0, 0.05) is 0 Å². The zero-order valence-corrected chi connectivity index (χ0v) is 8.83. The number of hydrogen-bond donors (Lipinski definition) is 0. The van der Waals surface area contributed by atoms with Gasteiger partial charge in [-0.2, -0.15) is 0 Å². The van der Waals surface area contributed by atoms with Gasteiger partial charge in [0.1, 0.15) is 6.17 Å². The first-order valence-corrected chi connectivity index (χ1v) is 5.11. The fourth-order valence-electron chi connectivity index (χ4n) is 1.24. The fourth-order valence-corrected chi connectivity index (χ4v) is 1.24. The molecule has 0 aliphatic rings. The van der Waals surface area contributed by atoms with E-state index in [1.54, 1.807) is 6.08 Å². The molecule has 1 heteroatoms. The summed E-state index contributed by atoms with van der Waals surface area (Å²) in [6, 6.07) is 7.57. The molecule has 1 rings (SSSR count). The summed E-state index contributed by atoms with van der Waals surface area (Å²) in [6.07, 6.45) is 4.60. The van der Waals surface area contributed by atoms with Gasteiger partial charge in [0.2, 0.25) is 0 Å². The van der Waals surface area contributed by atoms with E-state index in [-0.39, 0.29) is 0 Å². The molecule has 0 bridgehead atoms. The Morgan fingerprint density at radius 3 is 2.50 bits per heavy atom. The maximum Gasteiger partial charge on any atom is 0.143 e. The summed E-state index contributed by atoms with van der Waals surface area (Å²) < 4.78 is 13.5. The van der Waals surface area contributed by atoms with E-state index in [9.17, 15) is 4.39 Å². The molecule has 0 heterocycles. The third-order valence-electron chi connectivity index (χ3n) is 2.16. The van der Waals surface area contributed by atoms with Crippen molar-refractivity contribution in [2.75, 3.05) is 0 Å². The molecule has 0 aliphatic heterocycles. The summed E-state index contributed by atoms with van der Waals surface area (Å²) in [5.41, 5.74) is 1.90. The van der Waals surface area contributed by atoms with Crippen LogP contribution in [0.25, 0.3) is 0 Å². The van der Waals surface area contributed by atoms with Crippen LogP contribution in [0.1, 0.15) is 37.1 Å². The largest absolute Gasteiger partial charge is 0.238 e. The first-order valence-electron chi connectivity index (χ1n) is 5.11. The van der Waals surface area contributed by atoms with Crippen LogP contribution in [0.15, 0.2) is 36.4 Å². The second kappa shape index (κ2) is 5.58. The molecule has 1 atom stereocenters. The van der Waals surface area contributed by atoms with Crippen LogP contribution in [0.5, 0.6) is 0 Å². The molecule has 0 saturated carbocycles. The monoisotopic (exact) mass is 192 g/mol. The number of rotatable bonds is 4. The van der Waals surface area contributed by atoms with E-state index in [4.69, 9.17) is 0 Å². The van der Waals surface area contributed by atoms with Crippen LogP contribution in [-0.4, -0.2) is 0 Å². The third-order valence-corrected chi connectivity index (χ3v) is 2.16. The predicted octanol–water partition coefficient (Wildman–Crippen LogP) is 4.36. The van der Waals surface area contributed by atoms with Gasteiger partial charge in [-0.05, 0) is 18.9 Å². The van der Waals surface area contributed by atoms with Crippen LogP contribution < -0.4 is 0 Å². The number of alkyl halides is 1. The van der Waals surface area contributed by atoms with E-state index in [0.717, 1.165) is 18.4 Å². The van der Waals surface area contributed by atoms with E-state index in [1.807, 2.05) is 37.3 Å². The summed E-state index contributed by atoms with van der Waals surface area (Å²) in [7, 11) is 0. The molecule has 0 aromatic heterocycles. The summed E-state index contributed by atoms with van der Waals surface area (Å²) >= 11 is 0. The highest BCUT2D eigenvalue weighted by Crippen LogP contribution is 2.19. The lowest BCUT2D eigenvalue weighted by Gasteiger charge is -2.03. The molecule has 0 nitrogen and oxygen atoms in total. The van der Waals surface area contributed by atoms with Gasteiger partial charge in [-0.15, -0.1) is 0 Å². The van der Waals surface area contributed by atoms with Crippen LogP contribution in [0.4, 0.5) is 4.39 Å². The normalized spacial score (nSPS) is 13.4. The van der Waals surface area contributed by atoms with Crippen molar-refractivity contribution >= 4 is 0 Å². The summed E-state index contributed by atoms with van der Waals surface area (Å²) in [5, 5.41) is 0. The lowest BCUT2D eigenvalue weighted by molar-refractivity contribution is 0.413. The fraction of sp³-hybridized carbons (Fsp3) is 0.385. The molecule has 1 aromatic rings. The smallest absolute Gasteiger partial charge is 0.143 e. The molecule has 0 saturated heterocycles. The molecule has 0 unspecified atom stereocenters. The molecular weight excluding hydrogens is 175 g/mol. The van der Waals surface area contributed by atoms with Crippen LogP contribution in [0.3, 0.4) is 0 Å². The van der Waals surface area contributed by atoms with Gasteiger partial charge in [-0.3, -0.25) is 0 Å². The number of halogens is 1. The van der Waals surface area contributed by atoms with Gasteiger partial charge in [-0.1, -0.05) is 55.3 Å². The average molecular weight is 192 g/mol. The molecule has 0 N–H and O–H groups in total. The van der Waals surface area contributed by atoms with Gasteiger partial charge >= 0.3 is 0 Å². The maximum absolute atomic E-state index is 13.5. The molecular formula is C13H17F. The first kappa shape index (κ1) is 11.0. The quantitative estimate of drug-likeness (QED) is 0.622. The van der Waals surface area contributed by atoms with Crippen molar-refractivity contribution in [3.8, 4) is 0 Å². The highest BCUT2D eigenvalue weighted by Gasteiger charge is 2.03. The number of hydrogen-bond acceptors (Lipinski definition) is 0. The molecule has 1 aromatic carbocycles. The summed E-state index contributed by atoms with van der Waals surface area (Å²) in [5.74, 6) is 0. The Balaban J connectivity index is 2.60. The highest BCUT2D eigenvalue weighted by atomic mass is 19.1. The van der Waals surface area contributed by atoms with Crippen molar-refractivity contribution in [2.45, 2.75) is 32.9 Å². The van der Waals surface area contributed by atoms with Crippen molar-refractivity contribution in [1.29, 1.82) is 0 Å².